The predicted molar refractivity (Wildman–Crippen MR) is 81.8 cm³/mol. The van der Waals surface area contributed by atoms with Crippen LogP contribution in [0.1, 0.15) is 12.8 Å². The van der Waals surface area contributed by atoms with E-state index in [4.69, 9.17) is 5.73 Å². The van der Waals surface area contributed by atoms with Crippen LogP contribution in [0.2, 0.25) is 0 Å². The van der Waals surface area contributed by atoms with Crippen molar-refractivity contribution in [3.63, 3.8) is 0 Å². The van der Waals surface area contributed by atoms with E-state index >= 15 is 0 Å². The topological polar surface area (TPSA) is 102 Å². The number of hydrogen-bond donors (Lipinski definition) is 2. The van der Waals surface area contributed by atoms with Crippen LogP contribution in [0.5, 0.6) is 0 Å². The lowest BCUT2D eigenvalue weighted by Gasteiger charge is -2.03. The highest BCUT2D eigenvalue weighted by atomic mass is 32.2. The Labute approximate surface area is 126 Å². The van der Waals surface area contributed by atoms with Gasteiger partial charge >= 0.3 is 0 Å². The molecule has 3 rings (SSSR count). The first-order chi connectivity index (χ1) is 9.94. The van der Waals surface area contributed by atoms with E-state index in [2.05, 4.69) is 10.3 Å². The van der Waals surface area contributed by atoms with Gasteiger partial charge in [0.1, 0.15) is 5.75 Å². The maximum Gasteiger partial charge on any atom is 0.235 e. The fourth-order valence-corrected chi connectivity index (χ4v) is 4.43. The zero-order chi connectivity index (χ0) is 15.0. The molecule has 1 fully saturated rings. The van der Waals surface area contributed by atoms with E-state index < -0.39 is 21.5 Å². The SMILES string of the molecule is Nc1ccc2nc(S(=O)(=O)CC(=O)NCC3CC3)sc2c1. The Balaban J connectivity index is 1.76. The van der Waals surface area contributed by atoms with Crippen molar-refractivity contribution in [1.29, 1.82) is 0 Å². The molecule has 1 aliphatic rings. The monoisotopic (exact) mass is 325 g/mol. The molecule has 1 heterocycles. The van der Waals surface area contributed by atoms with Gasteiger partial charge in [0, 0.05) is 12.2 Å². The summed E-state index contributed by atoms with van der Waals surface area (Å²) in [5, 5.41) is 2.65. The van der Waals surface area contributed by atoms with E-state index in [0.29, 0.717) is 28.4 Å². The smallest absolute Gasteiger partial charge is 0.235 e. The maximum atomic E-state index is 12.2. The van der Waals surface area contributed by atoms with Gasteiger partial charge in [-0.1, -0.05) is 0 Å². The number of thiazole rings is 1. The first-order valence-electron chi connectivity index (χ1n) is 6.59. The van der Waals surface area contributed by atoms with Crippen molar-refractivity contribution in [2.45, 2.75) is 17.2 Å². The Morgan fingerprint density at radius 1 is 1.43 bits per heavy atom. The molecule has 1 saturated carbocycles. The Hall–Kier alpha value is -1.67. The van der Waals surface area contributed by atoms with Gasteiger partial charge in [0.25, 0.3) is 0 Å². The second-order valence-corrected chi connectivity index (χ2v) is 8.41. The van der Waals surface area contributed by atoms with Gasteiger partial charge in [0.2, 0.25) is 20.1 Å². The van der Waals surface area contributed by atoms with E-state index in [1.807, 2.05) is 0 Å². The molecule has 8 heteroatoms. The lowest BCUT2D eigenvalue weighted by molar-refractivity contribution is -0.118. The number of nitrogens with two attached hydrogens (primary N) is 1. The molecule has 0 atom stereocenters. The van der Waals surface area contributed by atoms with Crippen LogP contribution in [0.15, 0.2) is 22.5 Å². The number of hydrogen-bond acceptors (Lipinski definition) is 6. The number of amides is 1. The number of sulfone groups is 1. The zero-order valence-corrected chi connectivity index (χ0v) is 12.8. The molecule has 6 nitrogen and oxygen atoms in total. The molecule has 0 bridgehead atoms. The third-order valence-corrected chi connectivity index (χ3v) is 6.36. The van der Waals surface area contributed by atoms with Gasteiger partial charge in [-0.05, 0) is 37.0 Å². The van der Waals surface area contributed by atoms with Crippen LogP contribution in [-0.2, 0) is 14.6 Å². The van der Waals surface area contributed by atoms with Crippen LogP contribution in [0.4, 0.5) is 5.69 Å². The van der Waals surface area contributed by atoms with Crippen molar-refractivity contribution in [3.8, 4) is 0 Å². The van der Waals surface area contributed by atoms with Gasteiger partial charge in [-0.15, -0.1) is 11.3 Å². The molecule has 0 aliphatic heterocycles. The molecule has 0 unspecified atom stereocenters. The average molecular weight is 325 g/mol. The standard InChI is InChI=1S/C13H15N3O3S2/c14-9-3-4-10-11(5-9)20-13(16-10)21(18,19)7-12(17)15-6-8-1-2-8/h3-5,8H,1-2,6-7,14H2,(H,15,17). The minimum atomic E-state index is -3.71. The van der Waals surface area contributed by atoms with Crippen LogP contribution in [0, 0.1) is 5.92 Å². The second kappa shape index (κ2) is 5.27. The number of fused-ring (bicyclic) bond motifs is 1. The molecular formula is C13H15N3O3S2. The molecule has 21 heavy (non-hydrogen) atoms. The summed E-state index contributed by atoms with van der Waals surface area (Å²) < 4.78 is 25.1. The van der Waals surface area contributed by atoms with Gasteiger partial charge in [-0.2, -0.15) is 0 Å². The Morgan fingerprint density at radius 2 is 2.19 bits per heavy atom. The van der Waals surface area contributed by atoms with Crippen LogP contribution in [0.3, 0.4) is 0 Å². The lowest BCUT2D eigenvalue weighted by atomic mass is 10.3. The van der Waals surface area contributed by atoms with Crippen molar-refractivity contribution < 1.29 is 13.2 Å². The summed E-state index contributed by atoms with van der Waals surface area (Å²) in [5.74, 6) is -0.516. The minimum Gasteiger partial charge on any atom is -0.399 e. The quantitative estimate of drug-likeness (QED) is 0.804. The summed E-state index contributed by atoms with van der Waals surface area (Å²) in [6, 6.07) is 5.02. The molecule has 1 aromatic carbocycles. The third kappa shape index (κ3) is 3.33. The Bertz CT molecular complexity index is 794. The van der Waals surface area contributed by atoms with Gasteiger partial charge in [0.15, 0.2) is 0 Å². The van der Waals surface area contributed by atoms with Crippen molar-refractivity contribution in [2.75, 3.05) is 18.0 Å². The van der Waals surface area contributed by atoms with E-state index in [1.54, 1.807) is 18.2 Å². The summed E-state index contributed by atoms with van der Waals surface area (Å²) in [7, 11) is -3.71. The summed E-state index contributed by atoms with van der Waals surface area (Å²) in [6.45, 7) is 0.560. The maximum absolute atomic E-state index is 12.2. The summed E-state index contributed by atoms with van der Waals surface area (Å²) in [5.41, 5.74) is 6.79. The average Bonchev–Trinajstić information content (AvgIpc) is 3.13. The molecule has 2 aromatic rings. The normalized spacial score (nSPS) is 15.2. The molecule has 112 valence electrons. The van der Waals surface area contributed by atoms with Crippen LogP contribution in [0.25, 0.3) is 10.2 Å². The van der Waals surface area contributed by atoms with Crippen molar-refractivity contribution >= 4 is 43.0 Å². The van der Waals surface area contributed by atoms with E-state index in [1.165, 1.54) is 0 Å². The van der Waals surface area contributed by atoms with Gasteiger partial charge in [-0.25, -0.2) is 13.4 Å². The highest BCUT2D eigenvalue weighted by Gasteiger charge is 2.26. The van der Waals surface area contributed by atoms with Crippen LogP contribution in [-0.4, -0.2) is 31.6 Å². The predicted octanol–water partition coefficient (Wildman–Crippen LogP) is 1.18. The molecule has 1 aliphatic carbocycles. The van der Waals surface area contributed by atoms with Gasteiger partial charge in [0.05, 0.1) is 10.2 Å². The van der Waals surface area contributed by atoms with E-state index in [9.17, 15) is 13.2 Å². The first-order valence-corrected chi connectivity index (χ1v) is 9.06. The first kappa shape index (κ1) is 14.3. The minimum absolute atomic E-state index is 0.0373. The number of nitrogen functional groups attached to an aromatic ring is 1. The molecular weight excluding hydrogens is 310 g/mol. The zero-order valence-electron chi connectivity index (χ0n) is 11.2. The van der Waals surface area contributed by atoms with Crippen LogP contribution < -0.4 is 11.1 Å². The van der Waals surface area contributed by atoms with Gasteiger partial charge in [-0.3, -0.25) is 4.79 Å². The van der Waals surface area contributed by atoms with Crippen molar-refractivity contribution in [3.05, 3.63) is 18.2 Å². The summed E-state index contributed by atoms with van der Waals surface area (Å²) >= 11 is 1.04. The van der Waals surface area contributed by atoms with Crippen LogP contribution >= 0.6 is 11.3 Å². The molecule has 3 N–H and O–H groups in total. The highest BCUT2D eigenvalue weighted by Crippen LogP contribution is 2.28. The Kier molecular flexibility index (Phi) is 3.58. The summed E-state index contributed by atoms with van der Waals surface area (Å²) in [6.07, 6.45) is 2.21. The number of nitrogens with one attached hydrogen (secondary N) is 1. The number of benzene rings is 1. The van der Waals surface area contributed by atoms with Crippen molar-refractivity contribution in [2.24, 2.45) is 5.92 Å². The fourth-order valence-electron chi connectivity index (χ4n) is 1.92. The summed E-state index contributed by atoms with van der Waals surface area (Å²) in [4.78, 5) is 15.8. The lowest BCUT2D eigenvalue weighted by Crippen LogP contribution is -2.31. The third-order valence-electron chi connectivity index (χ3n) is 3.26. The highest BCUT2D eigenvalue weighted by molar-refractivity contribution is 7.94. The number of anilines is 1. The molecule has 0 spiro atoms. The van der Waals surface area contributed by atoms with E-state index in [0.717, 1.165) is 24.2 Å². The fraction of sp³-hybridized carbons (Fsp3) is 0.385. The Morgan fingerprint density at radius 3 is 2.90 bits per heavy atom. The van der Waals surface area contributed by atoms with Crippen molar-refractivity contribution in [1.82, 2.24) is 10.3 Å². The number of aromatic nitrogens is 1. The molecule has 0 saturated heterocycles. The van der Waals surface area contributed by atoms with E-state index in [-0.39, 0.29) is 4.34 Å². The second-order valence-electron chi connectivity index (χ2n) is 5.21. The largest absolute Gasteiger partial charge is 0.399 e. The molecule has 1 amide bonds. The number of carbonyl (C=O) groups excluding carboxylic acids is 1. The molecule has 1 aromatic heterocycles. The number of rotatable bonds is 5. The molecule has 0 radical (unpaired) electrons. The number of carbonyl (C=O) groups is 1. The van der Waals surface area contributed by atoms with Gasteiger partial charge < -0.3 is 11.1 Å². The number of nitrogens with zero attached hydrogens (tertiary/aromatic N) is 1.